The maximum atomic E-state index is 13.6. The summed E-state index contributed by atoms with van der Waals surface area (Å²) < 4.78 is 40.8. The molecule has 10 heteroatoms. The van der Waals surface area contributed by atoms with E-state index in [1.165, 1.54) is 9.80 Å². The third-order valence-corrected chi connectivity index (χ3v) is 7.83. The van der Waals surface area contributed by atoms with Gasteiger partial charge >= 0.3 is 6.18 Å². The molecule has 0 saturated carbocycles. The van der Waals surface area contributed by atoms with Gasteiger partial charge in [0.15, 0.2) is 0 Å². The van der Waals surface area contributed by atoms with Gasteiger partial charge < -0.3 is 19.8 Å². The Morgan fingerprint density at radius 2 is 1.58 bits per heavy atom. The number of benzene rings is 1. The number of hydrogen-bond donors (Lipinski definition) is 1. The van der Waals surface area contributed by atoms with Crippen LogP contribution >= 0.6 is 11.6 Å². The Morgan fingerprint density at radius 1 is 1.06 bits per heavy atom. The number of alkyl halides is 3. The molecule has 0 bridgehead atoms. The fourth-order valence-electron chi connectivity index (χ4n) is 5.49. The van der Waals surface area contributed by atoms with Crippen LogP contribution in [0.3, 0.4) is 0 Å². The molecule has 1 aromatic carbocycles. The molecule has 3 rings (SSSR count). The van der Waals surface area contributed by atoms with E-state index in [9.17, 15) is 27.9 Å². The van der Waals surface area contributed by atoms with Crippen LogP contribution in [0.5, 0.6) is 0 Å². The van der Waals surface area contributed by atoms with E-state index in [1.54, 1.807) is 34.0 Å². The molecule has 0 radical (unpaired) electrons. The normalized spacial score (nSPS) is 19.9. The summed E-state index contributed by atoms with van der Waals surface area (Å²) in [5.74, 6) is -1.06. The van der Waals surface area contributed by atoms with E-state index >= 15 is 0 Å². The van der Waals surface area contributed by atoms with Gasteiger partial charge in [-0.05, 0) is 68.1 Å². The number of amides is 2. The van der Waals surface area contributed by atoms with Gasteiger partial charge in [0, 0.05) is 46.0 Å². The Morgan fingerprint density at radius 3 is 2.03 bits per heavy atom. The minimum absolute atomic E-state index is 0.145. The van der Waals surface area contributed by atoms with Crippen molar-refractivity contribution < 1.29 is 27.9 Å². The van der Waals surface area contributed by atoms with E-state index in [2.05, 4.69) is 4.90 Å². The molecule has 1 aromatic rings. The van der Waals surface area contributed by atoms with Gasteiger partial charge in [0.25, 0.3) is 11.8 Å². The van der Waals surface area contributed by atoms with Gasteiger partial charge in [-0.15, -0.1) is 0 Å². The summed E-state index contributed by atoms with van der Waals surface area (Å²) in [5, 5.41) is 10.8. The van der Waals surface area contributed by atoms with Gasteiger partial charge in [0.1, 0.15) is 0 Å². The first-order chi connectivity index (χ1) is 16.7. The highest BCUT2D eigenvalue weighted by atomic mass is 35.5. The van der Waals surface area contributed by atoms with Crippen molar-refractivity contribution >= 4 is 29.1 Å². The number of likely N-dealkylation sites (tertiary alicyclic amines) is 1. The number of nitrogens with zero attached hydrogens (tertiary/aromatic N) is 3. The van der Waals surface area contributed by atoms with Crippen molar-refractivity contribution in [2.45, 2.75) is 57.7 Å². The maximum Gasteiger partial charge on any atom is 0.426 e. The molecule has 36 heavy (non-hydrogen) atoms. The summed E-state index contributed by atoms with van der Waals surface area (Å²) in [6.45, 7) is 5.24. The predicted octanol–water partition coefficient (Wildman–Crippen LogP) is 4.84. The van der Waals surface area contributed by atoms with Crippen LogP contribution in [-0.4, -0.2) is 78.8 Å². The fraction of sp³-hybridized carbons (Fsp3) is 0.692. The van der Waals surface area contributed by atoms with Crippen LogP contribution in [0, 0.1) is 17.8 Å². The summed E-state index contributed by atoms with van der Waals surface area (Å²) in [4.78, 5) is 29.9. The van der Waals surface area contributed by atoms with Crippen LogP contribution in [0.25, 0.3) is 0 Å². The van der Waals surface area contributed by atoms with Crippen molar-refractivity contribution in [1.82, 2.24) is 9.80 Å². The Bertz CT molecular complexity index is 940. The second kappa shape index (κ2) is 11.2. The van der Waals surface area contributed by atoms with E-state index in [-0.39, 0.29) is 19.0 Å². The molecule has 2 saturated heterocycles. The molecule has 202 valence electrons. The summed E-state index contributed by atoms with van der Waals surface area (Å²) in [6, 6.07) is 5.48. The molecule has 2 aliphatic heterocycles. The number of carbonyl (C=O) groups excluding carboxylic acids is 2. The first kappa shape index (κ1) is 28.6. The van der Waals surface area contributed by atoms with Gasteiger partial charge in [0.2, 0.25) is 5.60 Å². The Labute approximate surface area is 216 Å². The lowest BCUT2D eigenvalue weighted by Gasteiger charge is -2.42. The zero-order chi connectivity index (χ0) is 26.8. The van der Waals surface area contributed by atoms with Crippen LogP contribution in [0.4, 0.5) is 18.9 Å². The lowest BCUT2D eigenvalue weighted by molar-refractivity contribution is -0.261. The minimum Gasteiger partial charge on any atom is -0.373 e. The number of piperidine rings is 2. The second-order valence-corrected chi connectivity index (χ2v) is 11.2. The first-order valence-corrected chi connectivity index (χ1v) is 13.0. The van der Waals surface area contributed by atoms with Crippen LogP contribution in [0.1, 0.15) is 56.3 Å². The average molecular weight is 532 g/mol. The Hall–Kier alpha value is -2.00. The molecule has 0 aliphatic carbocycles. The van der Waals surface area contributed by atoms with E-state index in [4.69, 9.17) is 11.6 Å². The number of carbonyl (C=O) groups is 2. The van der Waals surface area contributed by atoms with Gasteiger partial charge in [-0.2, -0.15) is 13.2 Å². The highest BCUT2D eigenvalue weighted by Gasteiger charge is 2.60. The molecule has 2 aliphatic rings. The fourth-order valence-corrected chi connectivity index (χ4v) is 5.75. The topological polar surface area (TPSA) is 64.1 Å². The quantitative estimate of drug-likeness (QED) is 0.571. The largest absolute Gasteiger partial charge is 0.426 e. The molecule has 1 atom stereocenters. The minimum atomic E-state index is -5.00. The average Bonchev–Trinajstić information content (AvgIpc) is 2.82. The van der Waals surface area contributed by atoms with Crippen molar-refractivity contribution in [3.63, 3.8) is 0 Å². The lowest BCUT2D eigenvalue weighted by atomic mass is 9.78. The van der Waals surface area contributed by atoms with E-state index in [1.807, 2.05) is 12.1 Å². The third kappa shape index (κ3) is 6.10. The predicted molar refractivity (Wildman–Crippen MR) is 134 cm³/mol. The summed E-state index contributed by atoms with van der Waals surface area (Å²) in [7, 11) is 3.36. The maximum absolute atomic E-state index is 13.6. The number of anilines is 1. The lowest BCUT2D eigenvalue weighted by Crippen LogP contribution is -2.60. The van der Waals surface area contributed by atoms with Crippen molar-refractivity contribution in [3.8, 4) is 0 Å². The van der Waals surface area contributed by atoms with Crippen LogP contribution in [-0.2, 0) is 4.79 Å². The smallest absolute Gasteiger partial charge is 0.373 e. The van der Waals surface area contributed by atoms with Crippen molar-refractivity contribution in [3.05, 3.63) is 28.8 Å². The standard InChI is InChI=1S/C26H37ClF3N3O3/c1-17(2)16-25(36,26(28,29)30)24(35)33-13-9-19(10-14-33)18-7-11-32(12-8-18)20-5-6-21(22(27)15-20)23(34)31(3)4/h5-6,15,17-19,36H,7-14,16H2,1-4H3. The highest BCUT2D eigenvalue weighted by molar-refractivity contribution is 6.34. The molecule has 2 heterocycles. The molecule has 1 N–H and O–H groups in total. The molecule has 2 fully saturated rings. The van der Waals surface area contributed by atoms with E-state index < -0.39 is 30.0 Å². The molecule has 6 nitrogen and oxygen atoms in total. The number of rotatable bonds is 6. The third-order valence-electron chi connectivity index (χ3n) is 7.51. The molecule has 1 unspecified atom stereocenters. The van der Waals surface area contributed by atoms with Crippen LogP contribution in [0.2, 0.25) is 5.02 Å². The van der Waals surface area contributed by atoms with Crippen molar-refractivity contribution in [2.75, 3.05) is 45.2 Å². The molecule has 2 amide bonds. The second-order valence-electron chi connectivity index (χ2n) is 10.8. The monoisotopic (exact) mass is 531 g/mol. The Balaban J connectivity index is 1.55. The zero-order valence-electron chi connectivity index (χ0n) is 21.4. The summed E-state index contributed by atoms with van der Waals surface area (Å²) >= 11 is 6.37. The van der Waals surface area contributed by atoms with Crippen LogP contribution in [0.15, 0.2) is 18.2 Å². The highest BCUT2D eigenvalue weighted by Crippen LogP contribution is 2.39. The van der Waals surface area contributed by atoms with Crippen LogP contribution < -0.4 is 4.90 Å². The van der Waals surface area contributed by atoms with E-state index in [0.717, 1.165) is 31.6 Å². The molecular weight excluding hydrogens is 495 g/mol. The molecule has 0 aromatic heterocycles. The number of aliphatic hydroxyl groups is 1. The van der Waals surface area contributed by atoms with Gasteiger partial charge in [0.05, 0.1) is 10.6 Å². The number of hydrogen-bond acceptors (Lipinski definition) is 4. The van der Waals surface area contributed by atoms with Crippen molar-refractivity contribution in [2.24, 2.45) is 17.8 Å². The summed E-state index contributed by atoms with van der Waals surface area (Å²) in [6.07, 6.45) is -2.48. The summed E-state index contributed by atoms with van der Waals surface area (Å²) in [5.41, 5.74) is -1.90. The molecular formula is C26H37ClF3N3O3. The zero-order valence-corrected chi connectivity index (χ0v) is 22.2. The Kier molecular flexibility index (Phi) is 8.87. The number of halogens is 4. The van der Waals surface area contributed by atoms with Gasteiger partial charge in [-0.25, -0.2) is 0 Å². The van der Waals surface area contributed by atoms with Crippen molar-refractivity contribution in [1.29, 1.82) is 0 Å². The SMILES string of the molecule is CC(C)CC(O)(C(=O)N1CCC(C2CCN(c3ccc(C(=O)N(C)C)c(Cl)c3)CC2)CC1)C(F)(F)F. The van der Waals surface area contributed by atoms with Gasteiger partial charge in [-0.1, -0.05) is 25.4 Å². The first-order valence-electron chi connectivity index (χ1n) is 12.6. The molecule has 0 spiro atoms. The van der Waals surface area contributed by atoms with E-state index in [0.29, 0.717) is 35.3 Å². The van der Waals surface area contributed by atoms with Gasteiger partial charge in [-0.3, -0.25) is 9.59 Å².